The van der Waals surface area contributed by atoms with Crippen LogP contribution in [0.2, 0.25) is 0 Å². The molecule has 1 amide bonds. The van der Waals surface area contributed by atoms with Gasteiger partial charge in [-0.2, -0.15) is 11.3 Å². The van der Waals surface area contributed by atoms with Crippen LogP contribution in [0, 0.1) is 6.92 Å². The first kappa shape index (κ1) is 11.6. The number of carbonyl (C=O) groups excluding carboxylic acids is 1. The molecule has 0 bridgehead atoms. The van der Waals surface area contributed by atoms with Crippen LogP contribution in [-0.2, 0) is 0 Å². The van der Waals surface area contributed by atoms with Crippen molar-refractivity contribution in [2.45, 2.75) is 32.3 Å². The molecule has 0 aliphatic carbocycles. The molecular weight excluding hydrogens is 222 g/mol. The number of β-amino-alcohol motifs (C(OH)–C–C–N with tert-alkyl or cyclic N) is 1. The number of hydrogen-bond acceptors (Lipinski definition) is 3. The quantitative estimate of drug-likeness (QED) is 0.877. The number of nitrogens with zero attached hydrogens (tertiary/aromatic N) is 1. The summed E-state index contributed by atoms with van der Waals surface area (Å²) in [6, 6.07) is 0. The standard InChI is InChI=1S/C12H17NO2S/c1-3-4-12(15)7-13(8-12)11(14)10-6-16-5-9(10)2/h5-6,15H,3-4,7-8H2,1-2H3. The van der Waals surface area contributed by atoms with E-state index in [1.54, 1.807) is 16.2 Å². The highest BCUT2D eigenvalue weighted by atomic mass is 32.1. The summed E-state index contributed by atoms with van der Waals surface area (Å²) in [4.78, 5) is 13.7. The normalized spacial score (nSPS) is 18.3. The van der Waals surface area contributed by atoms with Gasteiger partial charge >= 0.3 is 0 Å². The Morgan fingerprint density at radius 1 is 1.56 bits per heavy atom. The van der Waals surface area contributed by atoms with Crippen molar-refractivity contribution in [1.29, 1.82) is 0 Å². The number of likely N-dealkylation sites (tertiary alicyclic amines) is 1. The van der Waals surface area contributed by atoms with E-state index in [4.69, 9.17) is 0 Å². The third-order valence-corrected chi connectivity index (χ3v) is 3.92. The first-order chi connectivity index (χ1) is 7.56. The molecule has 1 saturated heterocycles. The van der Waals surface area contributed by atoms with E-state index >= 15 is 0 Å². The Morgan fingerprint density at radius 2 is 2.25 bits per heavy atom. The average molecular weight is 239 g/mol. The van der Waals surface area contributed by atoms with Crippen LogP contribution < -0.4 is 0 Å². The number of hydrogen-bond donors (Lipinski definition) is 1. The van der Waals surface area contributed by atoms with Gasteiger partial charge in [-0.25, -0.2) is 0 Å². The van der Waals surface area contributed by atoms with Crippen LogP contribution >= 0.6 is 11.3 Å². The van der Waals surface area contributed by atoms with Gasteiger partial charge in [0.2, 0.25) is 0 Å². The lowest BCUT2D eigenvalue weighted by Crippen LogP contribution is -2.63. The minimum absolute atomic E-state index is 0.0551. The molecule has 3 nitrogen and oxygen atoms in total. The Balaban J connectivity index is 1.98. The molecule has 0 atom stereocenters. The van der Waals surface area contributed by atoms with Crippen LogP contribution in [-0.4, -0.2) is 34.6 Å². The number of thiophene rings is 1. The van der Waals surface area contributed by atoms with Crippen molar-refractivity contribution in [3.63, 3.8) is 0 Å². The summed E-state index contributed by atoms with van der Waals surface area (Å²) >= 11 is 1.55. The highest BCUT2D eigenvalue weighted by molar-refractivity contribution is 7.08. The number of rotatable bonds is 3. The molecule has 0 saturated carbocycles. The van der Waals surface area contributed by atoms with E-state index in [1.807, 2.05) is 24.6 Å². The molecule has 0 unspecified atom stereocenters. The van der Waals surface area contributed by atoms with E-state index in [1.165, 1.54) is 0 Å². The maximum absolute atomic E-state index is 12.0. The fourth-order valence-corrected chi connectivity index (χ4v) is 3.00. The molecule has 1 aromatic heterocycles. The Labute approximate surface area is 99.7 Å². The van der Waals surface area contributed by atoms with Crippen molar-refractivity contribution in [2.24, 2.45) is 0 Å². The van der Waals surface area contributed by atoms with Gasteiger partial charge in [-0.3, -0.25) is 4.79 Å². The molecule has 16 heavy (non-hydrogen) atoms. The Bertz CT molecular complexity index is 393. The van der Waals surface area contributed by atoms with Crippen LogP contribution in [0.25, 0.3) is 0 Å². The maximum atomic E-state index is 12.0. The number of aliphatic hydroxyl groups is 1. The average Bonchev–Trinajstić information content (AvgIpc) is 2.60. The lowest BCUT2D eigenvalue weighted by Gasteiger charge is -2.46. The predicted octanol–water partition coefficient (Wildman–Crippen LogP) is 2.04. The van der Waals surface area contributed by atoms with E-state index in [-0.39, 0.29) is 5.91 Å². The first-order valence-electron chi connectivity index (χ1n) is 5.60. The van der Waals surface area contributed by atoms with E-state index in [0.717, 1.165) is 24.0 Å². The van der Waals surface area contributed by atoms with Crippen LogP contribution in [0.3, 0.4) is 0 Å². The van der Waals surface area contributed by atoms with E-state index in [9.17, 15) is 9.90 Å². The van der Waals surface area contributed by atoms with Gasteiger partial charge in [0.1, 0.15) is 0 Å². The SMILES string of the molecule is CCCC1(O)CN(C(=O)c2cscc2C)C1. The van der Waals surface area contributed by atoms with Crippen molar-refractivity contribution in [3.05, 3.63) is 21.9 Å². The van der Waals surface area contributed by atoms with Crippen molar-refractivity contribution < 1.29 is 9.90 Å². The van der Waals surface area contributed by atoms with E-state index in [0.29, 0.717) is 13.1 Å². The first-order valence-corrected chi connectivity index (χ1v) is 6.54. The summed E-state index contributed by atoms with van der Waals surface area (Å²) in [5, 5.41) is 13.9. The largest absolute Gasteiger partial charge is 0.386 e. The van der Waals surface area contributed by atoms with Gasteiger partial charge in [0.15, 0.2) is 0 Å². The van der Waals surface area contributed by atoms with Gasteiger partial charge in [-0.05, 0) is 24.3 Å². The fourth-order valence-electron chi connectivity index (χ4n) is 2.18. The highest BCUT2D eigenvalue weighted by Crippen LogP contribution is 2.28. The topological polar surface area (TPSA) is 40.5 Å². The molecule has 0 spiro atoms. The summed E-state index contributed by atoms with van der Waals surface area (Å²) in [6.07, 6.45) is 1.73. The van der Waals surface area contributed by atoms with Crippen molar-refractivity contribution >= 4 is 17.2 Å². The summed E-state index contributed by atoms with van der Waals surface area (Å²) in [6.45, 7) is 4.96. The number of amides is 1. The number of aryl methyl sites for hydroxylation is 1. The molecule has 1 fully saturated rings. The van der Waals surface area contributed by atoms with Crippen molar-refractivity contribution in [3.8, 4) is 0 Å². The predicted molar refractivity (Wildman–Crippen MR) is 64.8 cm³/mol. The maximum Gasteiger partial charge on any atom is 0.255 e. The Kier molecular flexibility index (Phi) is 3.04. The minimum atomic E-state index is -0.631. The van der Waals surface area contributed by atoms with Gasteiger partial charge < -0.3 is 10.0 Å². The Hall–Kier alpha value is -0.870. The minimum Gasteiger partial charge on any atom is -0.386 e. The fraction of sp³-hybridized carbons (Fsp3) is 0.583. The Morgan fingerprint density at radius 3 is 2.75 bits per heavy atom. The highest BCUT2D eigenvalue weighted by Gasteiger charge is 2.43. The van der Waals surface area contributed by atoms with E-state index in [2.05, 4.69) is 0 Å². The molecule has 2 heterocycles. The molecule has 0 aromatic carbocycles. The van der Waals surface area contributed by atoms with Crippen LogP contribution in [0.1, 0.15) is 35.7 Å². The summed E-state index contributed by atoms with van der Waals surface area (Å²) < 4.78 is 0. The molecule has 1 aliphatic rings. The molecule has 1 N–H and O–H groups in total. The van der Waals surface area contributed by atoms with Gasteiger partial charge in [-0.15, -0.1) is 0 Å². The zero-order valence-electron chi connectivity index (χ0n) is 9.69. The second kappa shape index (κ2) is 4.18. The lowest BCUT2D eigenvalue weighted by atomic mass is 9.89. The molecular formula is C12H17NO2S. The summed E-state index contributed by atoms with van der Waals surface area (Å²) in [7, 11) is 0. The van der Waals surface area contributed by atoms with E-state index < -0.39 is 5.60 Å². The van der Waals surface area contributed by atoms with Crippen molar-refractivity contribution in [2.75, 3.05) is 13.1 Å². The van der Waals surface area contributed by atoms with Gasteiger partial charge in [-0.1, -0.05) is 13.3 Å². The van der Waals surface area contributed by atoms with Gasteiger partial charge in [0.05, 0.1) is 24.3 Å². The lowest BCUT2D eigenvalue weighted by molar-refractivity contribution is -0.0860. The van der Waals surface area contributed by atoms with Gasteiger partial charge in [0.25, 0.3) is 5.91 Å². The summed E-state index contributed by atoms with van der Waals surface area (Å²) in [5.74, 6) is 0.0551. The second-order valence-corrected chi connectivity index (χ2v) is 5.35. The molecule has 1 aliphatic heterocycles. The zero-order chi connectivity index (χ0) is 11.8. The smallest absolute Gasteiger partial charge is 0.255 e. The third-order valence-electron chi connectivity index (χ3n) is 3.06. The van der Waals surface area contributed by atoms with Crippen LogP contribution in [0.15, 0.2) is 10.8 Å². The van der Waals surface area contributed by atoms with Gasteiger partial charge in [0, 0.05) is 5.38 Å². The molecule has 4 heteroatoms. The third kappa shape index (κ3) is 1.99. The molecule has 1 aromatic rings. The van der Waals surface area contributed by atoms with Crippen molar-refractivity contribution in [1.82, 2.24) is 4.90 Å². The number of carbonyl (C=O) groups is 1. The molecule has 0 radical (unpaired) electrons. The monoisotopic (exact) mass is 239 g/mol. The van der Waals surface area contributed by atoms with Crippen LogP contribution in [0.5, 0.6) is 0 Å². The summed E-state index contributed by atoms with van der Waals surface area (Å²) in [5.41, 5.74) is 1.18. The van der Waals surface area contributed by atoms with Crippen LogP contribution in [0.4, 0.5) is 0 Å². The molecule has 2 rings (SSSR count). The zero-order valence-corrected chi connectivity index (χ0v) is 10.5. The molecule has 88 valence electrons. The second-order valence-electron chi connectivity index (χ2n) is 4.60.